The SMILES string of the molecule is Cc1csc(CNCc2ccsc2)n1. The Morgan fingerprint density at radius 1 is 1.36 bits per heavy atom. The summed E-state index contributed by atoms with van der Waals surface area (Å²) in [5, 5.41) is 10.9. The maximum atomic E-state index is 4.39. The molecule has 4 heteroatoms. The molecular weight excluding hydrogens is 212 g/mol. The van der Waals surface area contributed by atoms with Crippen LogP contribution in [-0.4, -0.2) is 4.98 Å². The Morgan fingerprint density at radius 2 is 2.29 bits per heavy atom. The van der Waals surface area contributed by atoms with E-state index in [0.717, 1.165) is 23.8 Å². The van der Waals surface area contributed by atoms with E-state index in [1.807, 2.05) is 6.92 Å². The summed E-state index contributed by atoms with van der Waals surface area (Å²) in [7, 11) is 0. The van der Waals surface area contributed by atoms with Crippen LogP contribution in [0.1, 0.15) is 16.3 Å². The lowest BCUT2D eigenvalue weighted by atomic mass is 10.3. The fraction of sp³-hybridized carbons (Fsp3) is 0.300. The average Bonchev–Trinajstić information content (AvgIpc) is 2.77. The van der Waals surface area contributed by atoms with Crippen LogP contribution in [0.4, 0.5) is 0 Å². The van der Waals surface area contributed by atoms with Crippen molar-refractivity contribution >= 4 is 22.7 Å². The summed E-state index contributed by atoms with van der Waals surface area (Å²) in [5.74, 6) is 0. The zero-order chi connectivity index (χ0) is 9.80. The molecule has 74 valence electrons. The molecule has 0 bridgehead atoms. The summed E-state index contributed by atoms with van der Waals surface area (Å²) < 4.78 is 0. The van der Waals surface area contributed by atoms with Crippen molar-refractivity contribution in [3.63, 3.8) is 0 Å². The Hall–Kier alpha value is -0.710. The molecule has 0 saturated carbocycles. The molecule has 0 atom stereocenters. The van der Waals surface area contributed by atoms with Gasteiger partial charge in [0.2, 0.25) is 0 Å². The van der Waals surface area contributed by atoms with Crippen molar-refractivity contribution in [2.45, 2.75) is 20.0 Å². The van der Waals surface area contributed by atoms with Gasteiger partial charge in [-0.3, -0.25) is 0 Å². The molecule has 2 heterocycles. The zero-order valence-electron chi connectivity index (χ0n) is 7.99. The highest BCUT2D eigenvalue weighted by molar-refractivity contribution is 7.09. The Balaban J connectivity index is 1.78. The first-order chi connectivity index (χ1) is 6.84. The highest BCUT2D eigenvalue weighted by atomic mass is 32.1. The molecule has 0 amide bonds. The number of hydrogen-bond donors (Lipinski definition) is 1. The Kier molecular flexibility index (Phi) is 3.29. The van der Waals surface area contributed by atoms with Gasteiger partial charge in [0.05, 0.1) is 0 Å². The van der Waals surface area contributed by atoms with Crippen LogP contribution in [-0.2, 0) is 13.1 Å². The fourth-order valence-corrected chi connectivity index (χ4v) is 2.60. The van der Waals surface area contributed by atoms with Crippen molar-refractivity contribution < 1.29 is 0 Å². The van der Waals surface area contributed by atoms with Gasteiger partial charge in [0, 0.05) is 24.2 Å². The molecule has 0 aromatic carbocycles. The molecule has 14 heavy (non-hydrogen) atoms. The largest absolute Gasteiger partial charge is 0.306 e. The predicted octanol–water partition coefficient (Wildman–Crippen LogP) is 2.80. The highest BCUT2D eigenvalue weighted by Crippen LogP contribution is 2.09. The van der Waals surface area contributed by atoms with Gasteiger partial charge in [0.25, 0.3) is 0 Å². The Bertz CT molecular complexity index is 378. The van der Waals surface area contributed by atoms with Crippen LogP contribution in [0.25, 0.3) is 0 Å². The topological polar surface area (TPSA) is 24.9 Å². The normalized spacial score (nSPS) is 10.6. The molecule has 2 rings (SSSR count). The standard InChI is InChI=1S/C10H12N2S2/c1-8-6-14-10(12-8)5-11-4-9-2-3-13-7-9/h2-3,6-7,11H,4-5H2,1H3. The molecule has 0 aliphatic carbocycles. The maximum Gasteiger partial charge on any atom is 0.107 e. The summed E-state index contributed by atoms with van der Waals surface area (Å²) in [6.07, 6.45) is 0. The van der Waals surface area contributed by atoms with Gasteiger partial charge in [-0.2, -0.15) is 11.3 Å². The van der Waals surface area contributed by atoms with Crippen LogP contribution in [0.15, 0.2) is 22.2 Å². The van der Waals surface area contributed by atoms with E-state index in [2.05, 4.69) is 32.5 Å². The van der Waals surface area contributed by atoms with E-state index in [-0.39, 0.29) is 0 Å². The van der Waals surface area contributed by atoms with Crippen LogP contribution >= 0.6 is 22.7 Å². The first-order valence-electron chi connectivity index (χ1n) is 4.47. The Morgan fingerprint density at radius 3 is 2.93 bits per heavy atom. The molecular formula is C10H12N2S2. The van der Waals surface area contributed by atoms with E-state index in [9.17, 15) is 0 Å². The third kappa shape index (κ3) is 2.64. The molecule has 0 spiro atoms. The van der Waals surface area contributed by atoms with Crippen molar-refractivity contribution in [2.24, 2.45) is 0 Å². The highest BCUT2D eigenvalue weighted by Gasteiger charge is 1.98. The molecule has 2 aromatic heterocycles. The van der Waals surface area contributed by atoms with E-state index in [0.29, 0.717) is 0 Å². The lowest BCUT2D eigenvalue weighted by molar-refractivity contribution is 0.690. The summed E-state index contributed by atoms with van der Waals surface area (Å²) in [6.45, 7) is 3.83. The van der Waals surface area contributed by atoms with E-state index in [1.54, 1.807) is 22.7 Å². The quantitative estimate of drug-likeness (QED) is 0.864. The molecule has 2 aromatic rings. The summed E-state index contributed by atoms with van der Waals surface area (Å²) in [5.41, 5.74) is 2.46. The second-order valence-electron chi connectivity index (χ2n) is 3.12. The van der Waals surface area contributed by atoms with Crippen molar-refractivity contribution in [3.05, 3.63) is 38.5 Å². The first kappa shape index (κ1) is 9.83. The second-order valence-corrected chi connectivity index (χ2v) is 4.84. The van der Waals surface area contributed by atoms with Crippen molar-refractivity contribution in [1.29, 1.82) is 0 Å². The minimum absolute atomic E-state index is 0.869. The molecule has 1 N–H and O–H groups in total. The van der Waals surface area contributed by atoms with Crippen LogP contribution in [0.2, 0.25) is 0 Å². The van der Waals surface area contributed by atoms with Gasteiger partial charge in [-0.1, -0.05) is 0 Å². The predicted molar refractivity (Wildman–Crippen MR) is 61.7 cm³/mol. The number of thiophene rings is 1. The van der Waals surface area contributed by atoms with Gasteiger partial charge in [-0.15, -0.1) is 11.3 Å². The smallest absolute Gasteiger partial charge is 0.107 e. The molecule has 0 radical (unpaired) electrons. The molecule has 2 nitrogen and oxygen atoms in total. The van der Waals surface area contributed by atoms with Crippen molar-refractivity contribution in [3.8, 4) is 0 Å². The van der Waals surface area contributed by atoms with E-state index < -0.39 is 0 Å². The third-order valence-electron chi connectivity index (χ3n) is 1.85. The summed E-state index contributed by atoms with van der Waals surface area (Å²) >= 11 is 3.45. The van der Waals surface area contributed by atoms with Crippen LogP contribution in [0.3, 0.4) is 0 Å². The average molecular weight is 224 g/mol. The van der Waals surface area contributed by atoms with Gasteiger partial charge < -0.3 is 5.32 Å². The minimum Gasteiger partial charge on any atom is -0.306 e. The molecule has 0 fully saturated rings. The van der Waals surface area contributed by atoms with Crippen molar-refractivity contribution in [1.82, 2.24) is 10.3 Å². The maximum absolute atomic E-state index is 4.39. The number of nitrogens with one attached hydrogen (secondary N) is 1. The first-order valence-corrected chi connectivity index (χ1v) is 6.29. The van der Waals surface area contributed by atoms with Gasteiger partial charge >= 0.3 is 0 Å². The third-order valence-corrected chi connectivity index (χ3v) is 3.55. The summed E-state index contributed by atoms with van der Waals surface area (Å²) in [4.78, 5) is 4.39. The van der Waals surface area contributed by atoms with Crippen LogP contribution < -0.4 is 5.32 Å². The second kappa shape index (κ2) is 4.68. The van der Waals surface area contributed by atoms with Gasteiger partial charge in [0.1, 0.15) is 5.01 Å². The van der Waals surface area contributed by atoms with Crippen LogP contribution in [0, 0.1) is 6.92 Å². The van der Waals surface area contributed by atoms with Crippen LogP contribution in [0.5, 0.6) is 0 Å². The molecule has 0 aliphatic rings. The molecule has 0 unspecified atom stereocenters. The van der Waals surface area contributed by atoms with E-state index in [4.69, 9.17) is 0 Å². The Labute approximate surface area is 91.6 Å². The molecule has 0 aliphatic heterocycles. The summed E-state index contributed by atoms with van der Waals surface area (Å²) in [6, 6.07) is 2.14. The monoisotopic (exact) mass is 224 g/mol. The molecule has 0 saturated heterocycles. The number of hydrogen-bond acceptors (Lipinski definition) is 4. The van der Waals surface area contributed by atoms with Gasteiger partial charge in [0.15, 0.2) is 0 Å². The van der Waals surface area contributed by atoms with Gasteiger partial charge in [-0.25, -0.2) is 4.98 Å². The zero-order valence-corrected chi connectivity index (χ0v) is 9.62. The number of thiazole rings is 1. The van der Waals surface area contributed by atoms with E-state index in [1.165, 1.54) is 5.56 Å². The number of aromatic nitrogens is 1. The lowest BCUT2D eigenvalue weighted by Gasteiger charge is -1.99. The number of nitrogens with zero attached hydrogens (tertiary/aromatic N) is 1. The van der Waals surface area contributed by atoms with Crippen molar-refractivity contribution in [2.75, 3.05) is 0 Å². The fourth-order valence-electron chi connectivity index (χ4n) is 1.19. The minimum atomic E-state index is 0.869. The lowest BCUT2D eigenvalue weighted by Crippen LogP contribution is -2.11. The number of rotatable bonds is 4. The van der Waals surface area contributed by atoms with Gasteiger partial charge in [-0.05, 0) is 29.3 Å². The van der Waals surface area contributed by atoms with E-state index >= 15 is 0 Å². The number of aryl methyl sites for hydroxylation is 1.